The van der Waals surface area contributed by atoms with Crippen molar-refractivity contribution in [1.82, 2.24) is 4.40 Å². The largest absolute Gasteiger partial charge is 0.454 e. The maximum Gasteiger partial charge on any atom is 0.160 e. The summed E-state index contributed by atoms with van der Waals surface area (Å²) in [7, 11) is -1.51. The molecular weight excluding hydrogens is 655 g/mol. The third-order valence-electron chi connectivity index (χ3n) is 10.9. The van der Waals surface area contributed by atoms with E-state index in [1.54, 1.807) is 0 Å². The lowest BCUT2D eigenvalue weighted by Gasteiger charge is -2.27. The Hall–Kier alpha value is -6.55. The van der Waals surface area contributed by atoms with Crippen molar-refractivity contribution in [3.05, 3.63) is 139 Å². The summed E-state index contributed by atoms with van der Waals surface area (Å²) in [4.78, 5) is 2.31. The monoisotopic (exact) mass is 685 g/mol. The minimum Gasteiger partial charge on any atom is -0.454 e. The standard InChI is InChI=1S/C46H31N3O2Si/c1-52(2,3)31-18-16-29(17-19-31)48(28-14-12-27(26-47)13-15-28)30-24-38-34-20-22-36-32-8-4-6-10-40(32)50-45(36)43(34)49-42(38)39(25-30)35-21-23-37-33-9-5-7-11-41(33)51-46(37)44(35)49/h4-25H,1-3H3. The first-order valence-corrected chi connectivity index (χ1v) is 21.2. The maximum atomic E-state index is 9.64. The molecule has 4 heterocycles. The topological polar surface area (TPSA) is 57.7 Å². The molecule has 0 aliphatic heterocycles. The van der Waals surface area contributed by atoms with Gasteiger partial charge in [-0.15, -0.1) is 0 Å². The second-order valence-electron chi connectivity index (χ2n) is 14.9. The fourth-order valence-corrected chi connectivity index (χ4v) is 9.57. The second-order valence-corrected chi connectivity index (χ2v) is 20.0. The van der Waals surface area contributed by atoms with Crippen molar-refractivity contribution in [1.29, 1.82) is 5.26 Å². The lowest BCUT2D eigenvalue weighted by molar-refractivity contribution is 0.670. The summed E-state index contributed by atoms with van der Waals surface area (Å²) in [5.74, 6) is 0. The molecule has 7 aromatic carbocycles. The Morgan fingerprint density at radius 2 is 0.981 bits per heavy atom. The molecule has 0 unspecified atom stereocenters. The fraction of sp³-hybridized carbons (Fsp3) is 0.0652. The quantitative estimate of drug-likeness (QED) is 0.173. The lowest BCUT2D eigenvalue weighted by Crippen LogP contribution is -2.37. The number of para-hydroxylation sites is 2. The van der Waals surface area contributed by atoms with Gasteiger partial charge in [-0.3, -0.25) is 0 Å². The van der Waals surface area contributed by atoms with Crippen LogP contribution in [0.2, 0.25) is 19.6 Å². The summed E-state index contributed by atoms with van der Waals surface area (Å²) < 4.78 is 15.9. The van der Waals surface area contributed by atoms with E-state index >= 15 is 0 Å². The zero-order valence-electron chi connectivity index (χ0n) is 28.9. The van der Waals surface area contributed by atoms with Crippen molar-refractivity contribution < 1.29 is 8.83 Å². The van der Waals surface area contributed by atoms with E-state index in [9.17, 15) is 5.26 Å². The molecule has 0 radical (unpaired) electrons. The van der Waals surface area contributed by atoms with Gasteiger partial charge in [0.25, 0.3) is 0 Å². The van der Waals surface area contributed by atoms with Gasteiger partial charge in [-0.1, -0.05) is 85.5 Å². The molecule has 4 aromatic heterocycles. The molecule has 0 aliphatic carbocycles. The normalized spacial score (nSPS) is 12.5. The Bertz CT molecular complexity index is 3120. The van der Waals surface area contributed by atoms with Gasteiger partial charge < -0.3 is 18.1 Å². The van der Waals surface area contributed by atoms with Gasteiger partial charge >= 0.3 is 0 Å². The van der Waals surface area contributed by atoms with E-state index in [4.69, 9.17) is 8.83 Å². The van der Waals surface area contributed by atoms with Gasteiger partial charge in [0.05, 0.1) is 36.3 Å². The van der Waals surface area contributed by atoms with E-state index < -0.39 is 8.07 Å². The number of hydrogen-bond donors (Lipinski definition) is 0. The average molecular weight is 686 g/mol. The number of benzene rings is 7. The zero-order chi connectivity index (χ0) is 34.9. The molecule has 0 saturated carbocycles. The van der Waals surface area contributed by atoms with Crippen molar-refractivity contribution in [2.45, 2.75) is 19.6 Å². The Morgan fingerprint density at radius 1 is 0.500 bits per heavy atom. The van der Waals surface area contributed by atoms with Gasteiger partial charge in [0.15, 0.2) is 11.2 Å². The van der Waals surface area contributed by atoms with Crippen LogP contribution in [0.25, 0.3) is 82.0 Å². The number of nitrogens with zero attached hydrogens (tertiary/aromatic N) is 3. The third kappa shape index (κ3) is 3.91. The van der Waals surface area contributed by atoms with Gasteiger partial charge in [-0.05, 0) is 72.8 Å². The first-order valence-electron chi connectivity index (χ1n) is 17.7. The number of anilines is 3. The summed E-state index contributed by atoms with van der Waals surface area (Å²) in [6.45, 7) is 7.13. The number of furan rings is 2. The van der Waals surface area contributed by atoms with Crippen LogP contribution in [0.3, 0.4) is 0 Å². The first-order chi connectivity index (χ1) is 25.4. The molecule has 52 heavy (non-hydrogen) atoms. The van der Waals surface area contributed by atoms with Crippen molar-refractivity contribution in [3.8, 4) is 6.07 Å². The van der Waals surface area contributed by atoms with E-state index in [0.29, 0.717) is 5.56 Å². The summed E-state index contributed by atoms with van der Waals surface area (Å²) in [6.07, 6.45) is 0. The predicted octanol–water partition coefficient (Wildman–Crippen LogP) is 12.5. The molecule has 0 saturated heterocycles. The number of aromatic nitrogens is 1. The highest BCUT2D eigenvalue weighted by molar-refractivity contribution is 6.88. The van der Waals surface area contributed by atoms with Gasteiger partial charge in [-0.2, -0.15) is 5.26 Å². The van der Waals surface area contributed by atoms with E-state index in [-0.39, 0.29) is 0 Å². The summed E-state index contributed by atoms with van der Waals surface area (Å²) >= 11 is 0. The predicted molar refractivity (Wildman–Crippen MR) is 218 cm³/mol. The molecule has 11 rings (SSSR count). The van der Waals surface area contributed by atoms with Crippen LogP contribution in [0.4, 0.5) is 17.1 Å². The van der Waals surface area contributed by atoms with Crippen molar-refractivity contribution in [2.24, 2.45) is 0 Å². The Labute approximate surface area is 299 Å². The summed E-state index contributed by atoms with van der Waals surface area (Å²) in [6, 6.07) is 49.3. The average Bonchev–Trinajstić information content (AvgIpc) is 3.91. The van der Waals surface area contributed by atoms with Gasteiger partial charge in [0, 0.05) is 60.2 Å². The summed E-state index contributed by atoms with van der Waals surface area (Å²) in [5.41, 5.74) is 10.4. The highest BCUT2D eigenvalue weighted by Gasteiger charge is 2.27. The molecule has 5 nitrogen and oxygen atoms in total. The number of fused-ring (bicyclic) bond motifs is 14. The molecule has 0 atom stereocenters. The second kappa shape index (κ2) is 10.3. The molecular formula is C46H31N3O2Si. The first kappa shape index (κ1) is 29.2. The molecule has 6 heteroatoms. The smallest absolute Gasteiger partial charge is 0.160 e. The van der Waals surface area contributed by atoms with Crippen LogP contribution in [-0.4, -0.2) is 12.5 Å². The van der Waals surface area contributed by atoms with Crippen LogP contribution < -0.4 is 10.1 Å². The Morgan fingerprint density at radius 3 is 1.48 bits per heavy atom. The van der Waals surface area contributed by atoms with E-state index in [0.717, 1.165) is 99.0 Å². The van der Waals surface area contributed by atoms with Crippen LogP contribution in [0, 0.1) is 11.3 Å². The minimum absolute atomic E-state index is 0.633. The SMILES string of the molecule is C[Si](C)(C)c1ccc(N(c2ccc(C#N)cc2)c2cc3c4ccc5c6ccccc6oc5c4n4c3c(c2)c2ccc3c5ccccc5oc3c24)cc1. The summed E-state index contributed by atoms with van der Waals surface area (Å²) in [5, 5.41) is 20.0. The highest BCUT2D eigenvalue weighted by Crippen LogP contribution is 2.49. The number of rotatable bonds is 4. The van der Waals surface area contributed by atoms with Crippen molar-refractivity contribution in [3.63, 3.8) is 0 Å². The molecule has 0 N–H and O–H groups in total. The van der Waals surface area contributed by atoms with Crippen LogP contribution in [0.1, 0.15) is 5.56 Å². The van der Waals surface area contributed by atoms with E-state index in [1.165, 1.54) is 5.19 Å². The maximum absolute atomic E-state index is 9.64. The minimum atomic E-state index is -1.51. The Kier molecular flexibility index (Phi) is 5.76. The molecule has 11 aromatic rings. The van der Waals surface area contributed by atoms with Crippen LogP contribution >= 0.6 is 0 Å². The highest BCUT2D eigenvalue weighted by atomic mass is 28.3. The molecule has 246 valence electrons. The van der Waals surface area contributed by atoms with E-state index in [1.807, 2.05) is 48.5 Å². The van der Waals surface area contributed by atoms with Gasteiger partial charge in [0.2, 0.25) is 0 Å². The van der Waals surface area contributed by atoms with Crippen molar-refractivity contribution >= 4 is 112 Å². The third-order valence-corrected chi connectivity index (χ3v) is 13.0. The zero-order valence-corrected chi connectivity index (χ0v) is 29.9. The van der Waals surface area contributed by atoms with Gasteiger partial charge in [-0.25, -0.2) is 0 Å². The van der Waals surface area contributed by atoms with Crippen LogP contribution in [0.5, 0.6) is 0 Å². The number of hydrogen-bond acceptors (Lipinski definition) is 4. The Balaban J connectivity index is 1.30. The van der Waals surface area contributed by atoms with Crippen LogP contribution in [0.15, 0.2) is 142 Å². The molecule has 0 amide bonds. The lowest BCUT2D eigenvalue weighted by atomic mass is 10.0. The fourth-order valence-electron chi connectivity index (χ4n) is 8.41. The number of nitriles is 1. The van der Waals surface area contributed by atoms with Gasteiger partial charge in [0.1, 0.15) is 11.2 Å². The molecule has 0 fully saturated rings. The van der Waals surface area contributed by atoms with E-state index in [2.05, 4.69) is 120 Å². The molecule has 0 bridgehead atoms. The molecule has 0 spiro atoms. The van der Waals surface area contributed by atoms with Crippen molar-refractivity contribution in [2.75, 3.05) is 4.90 Å². The molecule has 0 aliphatic rings. The van der Waals surface area contributed by atoms with Crippen LogP contribution in [-0.2, 0) is 0 Å².